The highest BCUT2D eigenvalue weighted by Crippen LogP contribution is 2.26. The quantitative estimate of drug-likeness (QED) is 0.535. The van der Waals surface area contributed by atoms with Crippen molar-refractivity contribution in [3.63, 3.8) is 0 Å². The number of rotatable bonds is 6. The summed E-state index contributed by atoms with van der Waals surface area (Å²) in [6.45, 7) is 5.86. The maximum absolute atomic E-state index is 10.7. The molecule has 0 saturated heterocycles. The number of Topliss-reactive ketones (excluding diaryl/α,β-unsaturated/α-hetero) is 1. The van der Waals surface area contributed by atoms with Gasteiger partial charge in [-0.3, -0.25) is 4.79 Å². The summed E-state index contributed by atoms with van der Waals surface area (Å²) in [5.74, 6) is 1.05. The van der Waals surface area contributed by atoms with Gasteiger partial charge in [0.2, 0.25) is 0 Å². The number of hydrogen-bond acceptors (Lipinski definition) is 4. The Labute approximate surface area is 82.4 Å². The Morgan fingerprint density at radius 3 is 2.50 bits per heavy atom. The molecule has 0 aromatic carbocycles. The van der Waals surface area contributed by atoms with E-state index < -0.39 is 0 Å². The van der Waals surface area contributed by atoms with Crippen molar-refractivity contribution < 1.29 is 4.79 Å². The van der Waals surface area contributed by atoms with Crippen LogP contribution in [-0.4, -0.2) is 22.8 Å². The van der Waals surface area contributed by atoms with E-state index in [9.17, 15) is 4.79 Å². The number of hydrogen-bond donors (Lipinski definition) is 1. The fraction of sp³-hybridized carbons (Fsp3) is 0.875. The Bertz CT molecular complexity index is 139. The molecule has 0 spiro atoms. The number of carbonyl (C=O) groups is 1. The van der Waals surface area contributed by atoms with Crippen molar-refractivity contribution in [2.75, 3.05) is 5.75 Å². The number of carbonyl (C=O) groups excluding carboxylic acids is 1. The molecule has 0 radical (unpaired) electrons. The van der Waals surface area contributed by atoms with Crippen molar-refractivity contribution in [3.05, 3.63) is 0 Å². The first kappa shape index (κ1) is 12.3. The SMILES string of the molecule is CC(=O)[C@@H](N)CCSSC(C)C. The Hall–Kier alpha value is 0.330. The molecule has 0 heterocycles. The molecule has 0 unspecified atom stereocenters. The second-order valence-corrected chi connectivity index (χ2v) is 6.04. The Balaban J connectivity index is 3.25. The second kappa shape index (κ2) is 6.80. The zero-order chi connectivity index (χ0) is 9.56. The average molecular weight is 207 g/mol. The lowest BCUT2D eigenvalue weighted by Crippen LogP contribution is -2.28. The van der Waals surface area contributed by atoms with E-state index in [4.69, 9.17) is 5.73 Å². The minimum atomic E-state index is -0.259. The minimum absolute atomic E-state index is 0.0881. The molecule has 0 aliphatic carbocycles. The summed E-state index contributed by atoms with van der Waals surface area (Å²) in [4.78, 5) is 10.7. The van der Waals surface area contributed by atoms with Crippen LogP contribution in [0.5, 0.6) is 0 Å². The van der Waals surface area contributed by atoms with Crippen LogP contribution in [-0.2, 0) is 4.79 Å². The van der Waals surface area contributed by atoms with Crippen LogP contribution in [0.1, 0.15) is 27.2 Å². The monoisotopic (exact) mass is 207 g/mol. The molecule has 0 aromatic heterocycles. The molecule has 12 heavy (non-hydrogen) atoms. The van der Waals surface area contributed by atoms with Crippen LogP contribution in [0, 0.1) is 0 Å². The van der Waals surface area contributed by atoms with Crippen molar-refractivity contribution in [2.45, 2.75) is 38.5 Å². The third-order valence-corrected chi connectivity index (χ3v) is 4.28. The van der Waals surface area contributed by atoms with E-state index in [2.05, 4.69) is 13.8 Å². The molecule has 0 fully saturated rings. The molecular weight excluding hydrogens is 190 g/mol. The Kier molecular flexibility index (Phi) is 6.99. The van der Waals surface area contributed by atoms with Crippen LogP contribution < -0.4 is 5.73 Å². The van der Waals surface area contributed by atoms with Crippen molar-refractivity contribution in [3.8, 4) is 0 Å². The lowest BCUT2D eigenvalue weighted by atomic mass is 10.2. The van der Waals surface area contributed by atoms with Gasteiger partial charge in [-0.05, 0) is 13.3 Å². The molecular formula is C8H17NOS2. The lowest BCUT2D eigenvalue weighted by molar-refractivity contribution is -0.118. The van der Waals surface area contributed by atoms with Gasteiger partial charge in [-0.1, -0.05) is 35.4 Å². The van der Waals surface area contributed by atoms with E-state index in [1.807, 2.05) is 10.8 Å². The van der Waals surface area contributed by atoms with E-state index in [0.717, 1.165) is 12.2 Å². The second-order valence-electron chi connectivity index (χ2n) is 2.97. The first-order chi connectivity index (χ1) is 5.54. The number of ketones is 1. The highest BCUT2D eigenvalue weighted by atomic mass is 33.1. The van der Waals surface area contributed by atoms with Gasteiger partial charge in [0.15, 0.2) is 0 Å². The highest BCUT2D eigenvalue weighted by molar-refractivity contribution is 8.76. The zero-order valence-electron chi connectivity index (χ0n) is 7.87. The van der Waals surface area contributed by atoms with Gasteiger partial charge in [-0.25, -0.2) is 0 Å². The Morgan fingerprint density at radius 2 is 2.08 bits per heavy atom. The number of nitrogens with two attached hydrogens (primary N) is 1. The summed E-state index contributed by atoms with van der Waals surface area (Å²) >= 11 is 0. The molecule has 0 amide bonds. The molecule has 1 atom stereocenters. The van der Waals surface area contributed by atoms with Crippen molar-refractivity contribution >= 4 is 27.4 Å². The summed E-state index contributed by atoms with van der Waals surface area (Å²) in [5.41, 5.74) is 5.56. The molecule has 4 heteroatoms. The van der Waals surface area contributed by atoms with Crippen molar-refractivity contribution in [2.24, 2.45) is 5.73 Å². The van der Waals surface area contributed by atoms with Gasteiger partial charge >= 0.3 is 0 Å². The van der Waals surface area contributed by atoms with E-state index in [1.165, 1.54) is 0 Å². The minimum Gasteiger partial charge on any atom is -0.321 e. The topological polar surface area (TPSA) is 43.1 Å². The van der Waals surface area contributed by atoms with Gasteiger partial charge in [0.1, 0.15) is 5.78 Å². The maximum atomic E-state index is 10.7. The largest absolute Gasteiger partial charge is 0.321 e. The van der Waals surface area contributed by atoms with Gasteiger partial charge in [0, 0.05) is 11.0 Å². The smallest absolute Gasteiger partial charge is 0.146 e. The van der Waals surface area contributed by atoms with Gasteiger partial charge in [0.25, 0.3) is 0 Å². The summed E-state index contributed by atoms with van der Waals surface area (Å²) < 4.78 is 0. The molecule has 72 valence electrons. The summed E-state index contributed by atoms with van der Waals surface area (Å²) in [5, 5.41) is 0.642. The van der Waals surface area contributed by atoms with Crippen LogP contribution in [0.3, 0.4) is 0 Å². The summed E-state index contributed by atoms with van der Waals surface area (Å²) in [7, 11) is 3.63. The van der Waals surface area contributed by atoms with Gasteiger partial charge in [0.05, 0.1) is 6.04 Å². The summed E-state index contributed by atoms with van der Waals surface area (Å²) in [6.07, 6.45) is 0.791. The molecule has 0 rings (SSSR count). The maximum Gasteiger partial charge on any atom is 0.146 e. The normalized spacial score (nSPS) is 13.4. The van der Waals surface area contributed by atoms with Crippen LogP contribution >= 0.6 is 21.6 Å². The molecule has 0 bridgehead atoms. The molecule has 0 aliphatic heterocycles. The van der Waals surface area contributed by atoms with E-state index in [0.29, 0.717) is 5.25 Å². The fourth-order valence-corrected chi connectivity index (χ4v) is 2.67. The first-order valence-electron chi connectivity index (χ1n) is 4.08. The summed E-state index contributed by atoms with van der Waals surface area (Å²) in [6, 6.07) is -0.259. The van der Waals surface area contributed by atoms with Gasteiger partial charge < -0.3 is 5.73 Å². The van der Waals surface area contributed by atoms with Crippen molar-refractivity contribution in [1.82, 2.24) is 0 Å². The first-order valence-corrected chi connectivity index (χ1v) is 6.46. The molecule has 2 N–H and O–H groups in total. The third kappa shape index (κ3) is 7.00. The van der Waals surface area contributed by atoms with Crippen molar-refractivity contribution in [1.29, 1.82) is 0 Å². The van der Waals surface area contributed by atoms with Gasteiger partial charge in [-0.2, -0.15) is 0 Å². The lowest BCUT2D eigenvalue weighted by Gasteiger charge is -2.07. The fourth-order valence-electron chi connectivity index (χ4n) is 0.563. The highest BCUT2D eigenvalue weighted by Gasteiger charge is 2.07. The molecule has 2 nitrogen and oxygen atoms in total. The zero-order valence-corrected chi connectivity index (χ0v) is 9.50. The Morgan fingerprint density at radius 1 is 1.50 bits per heavy atom. The molecule has 0 aliphatic rings. The van der Waals surface area contributed by atoms with E-state index in [-0.39, 0.29) is 11.8 Å². The van der Waals surface area contributed by atoms with Crippen LogP contribution in [0.15, 0.2) is 0 Å². The van der Waals surface area contributed by atoms with Crippen LogP contribution in [0.2, 0.25) is 0 Å². The van der Waals surface area contributed by atoms with E-state index >= 15 is 0 Å². The van der Waals surface area contributed by atoms with Crippen LogP contribution in [0.4, 0.5) is 0 Å². The average Bonchev–Trinajstić information content (AvgIpc) is 1.97. The van der Waals surface area contributed by atoms with E-state index in [1.54, 1.807) is 17.7 Å². The van der Waals surface area contributed by atoms with Gasteiger partial charge in [-0.15, -0.1) is 0 Å². The standard InChI is InChI=1S/C8H17NOS2/c1-6(2)12-11-5-4-8(9)7(3)10/h6,8H,4-5,9H2,1-3H3/t8-/m0/s1. The third-order valence-electron chi connectivity index (χ3n) is 1.29. The molecule has 0 aromatic rings. The predicted molar refractivity (Wildman–Crippen MR) is 58.5 cm³/mol. The molecule has 0 saturated carbocycles. The van der Waals surface area contributed by atoms with Crippen LogP contribution in [0.25, 0.3) is 0 Å². The predicted octanol–water partition coefficient (Wildman–Crippen LogP) is 2.08.